The van der Waals surface area contributed by atoms with Gasteiger partial charge in [0.2, 0.25) is 8.32 Å². The first-order chi connectivity index (χ1) is 40.5. The summed E-state index contributed by atoms with van der Waals surface area (Å²) in [5.41, 5.74) is 0. The molecular weight excluding hydrogens is 1080 g/mol. The minimum atomic E-state index is -4.38. The van der Waals surface area contributed by atoms with Crippen LogP contribution in [0.2, 0.25) is 6.04 Å². The van der Waals surface area contributed by atoms with Gasteiger partial charge >= 0.3 is 25.7 Å². The lowest BCUT2D eigenvalue weighted by molar-refractivity contribution is 0.329. The van der Waals surface area contributed by atoms with Gasteiger partial charge in [-0.2, -0.15) is 0 Å². The maximum atomic E-state index is 9.18. The van der Waals surface area contributed by atoms with Crippen molar-refractivity contribution in [1.82, 2.24) is 0 Å². The molecule has 4 nitrogen and oxygen atoms in total. The Morgan fingerprint density at radius 2 is 0.415 bits per heavy atom. The fourth-order valence-electron chi connectivity index (χ4n) is 11.8. The lowest BCUT2D eigenvalue weighted by atomic mass is 10.2. The number of hydrogen-bond donors (Lipinski definition) is 0. The van der Waals surface area contributed by atoms with Crippen LogP contribution in [0, 0.1) is 0 Å². The normalized spacial score (nSPS) is 12.2. The summed E-state index contributed by atoms with van der Waals surface area (Å²) in [7, 11) is -19.9. The molecule has 0 aliphatic carbocycles. The van der Waals surface area contributed by atoms with Gasteiger partial charge in [0, 0.05) is 0 Å². The minimum Gasteiger partial charge on any atom is -0.422 e. The summed E-state index contributed by atoms with van der Waals surface area (Å²) in [6, 6.07) is 121. The van der Waals surface area contributed by atoms with Crippen LogP contribution in [0.4, 0.5) is 0 Å². The number of rotatable bonds is 25. The van der Waals surface area contributed by atoms with Crippen LogP contribution >= 0.6 is 0 Å². The Bertz CT molecular complexity index is 3380. The highest BCUT2D eigenvalue weighted by Crippen LogP contribution is 2.31. The van der Waals surface area contributed by atoms with E-state index in [0.29, 0.717) is 0 Å². The summed E-state index contributed by atoms with van der Waals surface area (Å²) in [4.78, 5) is 0. The second-order valence-corrected chi connectivity index (χ2v) is 37.8. The van der Waals surface area contributed by atoms with Crippen molar-refractivity contribution in [2.24, 2.45) is 0 Å². The number of unbranched alkanes of at least 4 members (excludes halogenated alkanes) is 4. The van der Waals surface area contributed by atoms with Crippen LogP contribution in [0.25, 0.3) is 0 Å². The van der Waals surface area contributed by atoms with Crippen LogP contribution < -0.4 is 57.1 Å². The fourth-order valence-corrected chi connectivity index (χ4v) is 39.7. The molecule has 0 N–H and O–H groups in total. The van der Waals surface area contributed by atoms with Crippen molar-refractivity contribution in [3.8, 4) is 0 Å². The first-order valence-electron chi connectivity index (χ1n) is 29.0. The molecule has 0 saturated heterocycles. The molecule has 11 rings (SSSR count). The summed E-state index contributed by atoms with van der Waals surface area (Å²) in [5.74, 6) is 0. The Labute approximate surface area is 491 Å². The average Bonchev–Trinajstić information content (AvgIpc) is 1.72. The second-order valence-electron chi connectivity index (χ2n) is 21.0. The molecule has 0 atom stereocenters. The van der Waals surface area contributed by atoms with Crippen molar-refractivity contribution in [3.63, 3.8) is 0 Å². The summed E-state index contributed by atoms with van der Waals surface area (Å²) in [6.07, 6.45) is 5.63. The van der Waals surface area contributed by atoms with Crippen LogP contribution in [0.5, 0.6) is 0 Å². The van der Waals surface area contributed by atoms with E-state index in [0.717, 1.165) is 72.0 Å². The van der Waals surface area contributed by atoms with E-state index in [-0.39, 0.29) is 0 Å². The topological polar surface area (TPSA) is 36.9 Å². The van der Waals surface area contributed by atoms with Crippen molar-refractivity contribution in [2.45, 2.75) is 45.1 Å². The maximum Gasteiger partial charge on any atom is 0.390 e. The van der Waals surface area contributed by atoms with E-state index in [1.54, 1.807) is 0 Å². The molecule has 0 bridgehead atoms. The van der Waals surface area contributed by atoms with Crippen LogP contribution in [0.15, 0.2) is 334 Å². The maximum absolute atomic E-state index is 9.18. The molecule has 11 aromatic rings. The van der Waals surface area contributed by atoms with Gasteiger partial charge in [-0.1, -0.05) is 373 Å². The molecule has 0 saturated carbocycles. The Morgan fingerprint density at radius 3 is 0.671 bits per heavy atom. The molecule has 0 spiro atoms. The third-order valence-corrected chi connectivity index (χ3v) is 38.9. The molecule has 0 unspecified atom stereocenters. The molecule has 0 fully saturated rings. The van der Waals surface area contributed by atoms with Crippen molar-refractivity contribution < 1.29 is 16.5 Å². The van der Waals surface area contributed by atoms with E-state index in [9.17, 15) is 8.23 Å². The summed E-state index contributed by atoms with van der Waals surface area (Å²) in [5, 5.41) is 11.5. The van der Waals surface area contributed by atoms with Crippen LogP contribution in [-0.2, 0) is 16.5 Å². The summed E-state index contributed by atoms with van der Waals surface area (Å²) in [6.45, 7) is 2.29. The Morgan fingerprint density at radius 1 is 0.207 bits per heavy atom. The van der Waals surface area contributed by atoms with Gasteiger partial charge < -0.3 is 16.5 Å². The van der Waals surface area contributed by atoms with E-state index >= 15 is 0 Å². The van der Waals surface area contributed by atoms with Crippen molar-refractivity contribution >= 4 is 99.4 Å². The third kappa shape index (κ3) is 11.6. The summed E-state index contributed by atoms with van der Waals surface area (Å²) >= 11 is 0. The molecule has 406 valence electrons. The predicted molar refractivity (Wildman–Crippen MR) is 354 cm³/mol. The van der Waals surface area contributed by atoms with Crippen LogP contribution in [0.3, 0.4) is 0 Å². The molecule has 0 amide bonds. The highest BCUT2D eigenvalue weighted by atomic mass is 28.5. The minimum absolute atomic E-state index is 0.851. The van der Waals surface area contributed by atoms with E-state index < -0.39 is 42.3 Å². The first kappa shape index (κ1) is 56.2. The zero-order valence-electron chi connectivity index (χ0n) is 46.6. The quantitative estimate of drug-likeness (QED) is 0.0325. The van der Waals surface area contributed by atoms with Crippen molar-refractivity contribution in [3.05, 3.63) is 334 Å². The molecule has 11 aromatic carbocycles. The lowest BCUT2D eigenvalue weighted by Gasteiger charge is -2.50. The monoisotopic (exact) mass is 1150 g/mol. The zero-order valence-corrected chi connectivity index (χ0v) is 51.6. The lowest BCUT2D eigenvalue weighted by Crippen LogP contribution is -2.85. The first-order valence-corrected chi connectivity index (χ1v) is 38.4. The number of benzene rings is 11. The zero-order chi connectivity index (χ0) is 55.8. The van der Waals surface area contributed by atoms with Gasteiger partial charge in [0.25, 0.3) is 8.32 Å². The highest BCUT2D eigenvalue weighted by molar-refractivity contribution is 7.17. The van der Waals surface area contributed by atoms with E-state index in [2.05, 4.69) is 341 Å². The van der Waals surface area contributed by atoms with Gasteiger partial charge in [-0.15, -0.1) is 0 Å². The van der Waals surface area contributed by atoms with Gasteiger partial charge in [-0.05, 0) is 63.1 Å². The molecule has 0 aromatic heterocycles. The molecule has 0 radical (unpaired) electrons. The molecule has 82 heavy (non-hydrogen) atoms. The average molecular weight is 1150 g/mol. The molecule has 9 heteroatoms. The second kappa shape index (κ2) is 26.5. The Kier molecular flexibility index (Phi) is 18.2. The van der Waals surface area contributed by atoms with Crippen molar-refractivity contribution in [2.75, 3.05) is 0 Å². The van der Waals surface area contributed by atoms with E-state index in [4.69, 9.17) is 8.23 Å². The van der Waals surface area contributed by atoms with Crippen LogP contribution in [-0.4, -0.2) is 42.3 Å². The SMILES string of the molecule is CCCCCCC[Si](O[Si](O[Si](O[Si](O[Si](c1ccccc1)(c1ccccc1)c1ccccc1)(c1ccccc1)c1ccccc1)(c1ccccc1)c1ccccc1)(c1ccccc1)c1ccccc1)(c1ccccc1)c1ccccc1. The van der Waals surface area contributed by atoms with Gasteiger partial charge in [0.05, 0.1) is 0 Å². The Hall–Kier alpha value is -7.66. The smallest absolute Gasteiger partial charge is 0.390 e. The highest BCUT2D eigenvalue weighted by Gasteiger charge is 2.64. The fraction of sp³-hybridized carbons (Fsp3) is 0.0959. The van der Waals surface area contributed by atoms with E-state index in [1.165, 1.54) is 23.2 Å². The molecular formula is C73H70O4Si5. The van der Waals surface area contributed by atoms with Gasteiger partial charge in [0.15, 0.2) is 0 Å². The van der Waals surface area contributed by atoms with Crippen LogP contribution in [0.1, 0.15) is 39.0 Å². The standard InChI is InChI=1S/C73H70O4Si5/c1-2-3-4-5-39-62-78(63-40-17-6-18-41-63,64-42-19-7-20-43-64)74-80(68-50-27-11-28-51-68,69-52-29-12-30-53-69)76-82(72-58-35-15-36-59-72,73-60-37-16-38-61-73)77-81(70-54-31-13-32-55-70,71-56-33-14-34-57-71)75-79(65-44-21-8-22-45-65,66-46-23-9-24-47-66)67-48-25-10-26-49-67/h6-38,40-61H,2-5,39,62H2,1H3. The Balaban J connectivity index is 1.28. The molecule has 0 heterocycles. The largest absolute Gasteiger partial charge is 0.422 e. The van der Waals surface area contributed by atoms with Gasteiger partial charge in [-0.25, -0.2) is 0 Å². The van der Waals surface area contributed by atoms with Crippen molar-refractivity contribution in [1.29, 1.82) is 0 Å². The predicted octanol–water partition coefficient (Wildman–Crippen LogP) is 10.2. The van der Waals surface area contributed by atoms with Gasteiger partial charge in [0.1, 0.15) is 0 Å². The van der Waals surface area contributed by atoms with Gasteiger partial charge in [-0.3, -0.25) is 0 Å². The third-order valence-electron chi connectivity index (χ3n) is 15.8. The summed E-state index contributed by atoms with van der Waals surface area (Å²) < 4.78 is 36.4. The van der Waals surface area contributed by atoms with E-state index in [1.807, 2.05) is 0 Å². The molecule has 0 aliphatic rings. The number of hydrogen-bond acceptors (Lipinski definition) is 4. The molecule has 0 aliphatic heterocycles.